The van der Waals surface area contributed by atoms with Gasteiger partial charge < -0.3 is 18.9 Å². The van der Waals surface area contributed by atoms with Crippen molar-refractivity contribution in [2.45, 2.75) is 5.60 Å². The van der Waals surface area contributed by atoms with E-state index in [9.17, 15) is 0 Å². The van der Waals surface area contributed by atoms with Gasteiger partial charge in [-0.1, -0.05) is 96.5 Å². The number of ether oxygens (including phenoxy) is 2. The number of halogens is 1. The van der Waals surface area contributed by atoms with Crippen LogP contribution in [0.15, 0.2) is 133 Å². The number of hydrogen-bond donors (Lipinski definition) is 0. The minimum Gasteiger partial charge on any atom is -0.473 e. The fourth-order valence-corrected chi connectivity index (χ4v) is 7.53. The molecule has 0 amide bonds. The Morgan fingerprint density at radius 3 is 1.96 bits per heavy atom. The number of hydrogen-bond acceptors (Lipinski definition) is 3. The molecule has 0 bridgehead atoms. The van der Waals surface area contributed by atoms with E-state index >= 15 is 0 Å². The summed E-state index contributed by atoms with van der Waals surface area (Å²) in [4.78, 5) is 2.41. The largest absolute Gasteiger partial charge is 0.473 e. The summed E-state index contributed by atoms with van der Waals surface area (Å²) in [6.07, 6.45) is 4.42. The molecule has 7 aromatic rings. The van der Waals surface area contributed by atoms with Crippen LogP contribution < -0.4 is 9.64 Å². The van der Waals surface area contributed by atoms with E-state index in [-0.39, 0.29) is 0 Å². The zero-order valence-corrected chi connectivity index (χ0v) is 26.0. The zero-order chi connectivity index (χ0) is 30.7. The summed E-state index contributed by atoms with van der Waals surface area (Å²) in [6.45, 7) is 3.14. The highest BCUT2D eigenvalue weighted by atomic mass is 35.5. The molecule has 0 radical (unpaired) electrons. The van der Waals surface area contributed by atoms with Gasteiger partial charge in [-0.2, -0.15) is 0 Å². The topological polar surface area (TPSA) is 26.6 Å². The molecular weight excluding hydrogens is 588 g/mol. The lowest BCUT2D eigenvalue weighted by Crippen LogP contribution is -2.37. The second kappa shape index (κ2) is 10.8. The van der Waals surface area contributed by atoms with Crippen LogP contribution in [-0.2, 0) is 10.3 Å². The van der Waals surface area contributed by atoms with Crippen LogP contribution in [0.25, 0.3) is 44.3 Å². The summed E-state index contributed by atoms with van der Waals surface area (Å²) in [5.74, 6) is 0.856. The molecule has 6 aromatic carbocycles. The first kappa shape index (κ1) is 27.3. The Kier molecular flexibility index (Phi) is 6.41. The summed E-state index contributed by atoms with van der Waals surface area (Å²) in [7, 11) is 0. The van der Waals surface area contributed by atoms with Gasteiger partial charge in [-0.3, -0.25) is 0 Å². The van der Waals surface area contributed by atoms with Crippen molar-refractivity contribution in [2.75, 3.05) is 31.2 Å². The van der Waals surface area contributed by atoms with E-state index in [4.69, 9.17) is 21.1 Å². The van der Waals surface area contributed by atoms with E-state index in [0.717, 1.165) is 54.4 Å². The summed E-state index contributed by atoms with van der Waals surface area (Å²) < 4.78 is 15.3. The third-order valence-corrected chi connectivity index (χ3v) is 9.76. The molecule has 3 heterocycles. The number of para-hydroxylation sites is 2. The summed E-state index contributed by atoms with van der Waals surface area (Å²) in [5, 5.41) is 5.57. The van der Waals surface area contributed by atoms with Gasteiger partial charge in [0.15, 0.2) is 5.60 Å². The molecule has 0 N–H and O–H groups in total. The van der Waals surface area contributed by atoms with E-state index in [1.165, 1.54) is 38.3 Å². The molecule has 1 unspecified atom stereocenters. The molecule has 9 rings (SSSR count). The first-order valence-electron chi connectivity index (χ1n) is 15.8. The Bertz CT molecular complexity index is 2250. The molecule has 2 aliphatic rings. The number of nitrogens with zero attached hydrogens (tertiary/aromatic N) is 2. The molecule has 1 fully saturated rings. The molecule has 0 aliphatic carbocycles. The first-order valence-corrected chi connectivity index (χ1v) is 16.2. The third-order valence-electron chi connectivity index (χ3n) is 9.52. The van der Waals surface area contributed by atoms with Crippen molar-refractivity contribution in [3.05, 3.63) is 155 Å². The lowest BCUT2D eigenvalue weighted by Gasteiger charge is -2.38. The lowest BCUT2D eigenvalue weighted by atomic mass is 9.83. The van der Waals surface area contributed by atoms with Gasteiger partial charge in [-0.05, 0) is 53.9 Å². The van der Waals surface area contributed by atoms with Gasteiger partial charge >= 0.3 is 0 Å². The standard InChI is InChI=1S/C41H31ClN2O2/c42-30-9-7-8-29(26-30)41(21-20-36-32-10-1-2-11-33(32)39(27-40(36)46-41)43-22-24-45-25-23-43)28-16-18-31(19-17-28)44-37-14-5-3-12-34(37)35-13-4-6-15-38(35)44/h1-21,26-27H,22-25H2. The van der Waals surface area contributed by atoms with E-state index < -0.39 is 5.60 Å². The first-order chi connectivity index (χ1) is 22.7. The summed E-state index contributed by atoms with van der Waals surface area (Å²) in [6, 6.07) is 44.9. The molecule has 4 nitrogen and oxygen atoms in total. The van der Waals surface area contributed by atoms with Crippen molar-refractivity contribution < 1.29 is 9.47 Å². The number of anilines is 1. The highest BCUT2D eigenvalue weighted by Gasteiger charge is 2.38. The molecule has 1 saturated heterocycles. The minimum absolute atomic E-state index is 0.675. The van der Waals surface area contributed by atoms with Crippen molar-refractivity contribution in [1.29, 1.82) is 0 Å². The van der Waals surface area contributed by atoms with Crippen LogP contribution in [-0.4, -0.2) is 30.9 Å². The Morgan fingerprint density at radius 1 is 0.609 bits per heavy atom. The molecule has 2 aliphatic heterocycles. The maximum absolute atomic E-state index is 7.25. The van der Waals surface area contributed by atoms with Crippen LogP contribution in [0.1, 0.15) is 16.7 Å². The van der Waals surface area contributed by atoms with Crippen LogP contribution in [0.2, 0.25) is 5.02 Å². The van der Waals surface area contributed by atoms with Crippen LogP contribution in [0.3, 0.4) is 0 Å². The van der Waals surface area contributed by atoms with Crippen LogP contribution in [0, 0.1) is 0 Å². The molecule has 46 heavy (non-hydrogen) atoms. The Morgan fingerprint density at radius 2 is 1.26 bits per heavy atom. The van der Waals surface area contributed by atoms with E-state index in [2.05, 4.69) is 131 Å². The maximum atomic E-state index is 7.25. The van der Waals surface area contributed by atoms with Gasteiger partial charge in [0.25, 0.3) is 0 Å². The average Bonchev–Trinajstić information content (AvgIpc) is 3.46. The molecule has 1 aromatic heterocycles. The maximum Gasteiger partial charge on any atom is 0.178 e. The Balaban J connectivity index is 1.21. The smallest absolute Gasteiger partial charge is 0.178 e. The van der Waals surface area contributed by atoms with Crippen molar-refractivity contribution in [2.24, 2.45) is 0 Å². The second-order valence-corrected chi connectivity index (χ2v) is 12.5. The van der Waals surface area contributed by atoms with Crippen molar-refractivity contribution in [3.63, 3.8) is 0 Å². The Hall–Kier alpha value is -5.03. The van der Waals surface area contributed by atoms with Gasteiger partial charge in [0.1, 0.15) is 5.75 Å². The molecule has 224 valence electrons. The van der Waals surface area contributed by atoms with Gasteiger partial charge in [-0.25, -0.2) is 0 Å². The number of benzene rings is 6. The van der Waals surface area contributed by atoms with Gasteiger partial charge in [0, 0.05) is 68.4 Å². The van der Waals surface area contributed by atoms with Gasteiger partial charge in [-0.15, -0.1) is 0 Å². The predicted molar refractivity (Wildman–Crippen MR) is 190 cm³/mol. The molecular formula is C41H31ClN2O2. The van der Waals surface area contributed by atoms with Crippen LogP contribution in [0.4, 0.5) is 5.69 Å². The van der Waals surface area contributed by atoms with Gasteiger partial charge in [0.05, 0.1) is 24.2 Å². The lowest BCUT2D eigenvalue weighted by molar-refractivity contribution is 0.122. The summed E-state index contributed by atoms with van der Waals surface area (Å²) in [5.41, 5.74) is 6.87. The highest BCUT2D eigenvalue weighted by molar-refractivity contribution is 6.30. The average molecular weight is 619 g/mol. The van der Waals surface area contributed by atoms with Crippen molar-refractivity contribution >= 4 is 55.9 Å². The van der Waals surface area contributed by atoms with E-state index in [1.54, 1.807) is 0 Å². The quantitative estimate of drug-likeness (QED) is 0.196. The van der Waals surface area contributed by atoms with Gasteiger partial charge in [0.2, 0.25) is 0 Å². The number of morpholine rings is 1. The zero-order valence-electron chi connectivity index (χ0n) is 25.2. The number of fused-ring (bicyclic) bond motifs is 6. The molecule has 1 atom stereocenters. The normalized spacial score (nSPS) is 17.8. The number of rotatable bonds is 4. The van der Waals surface area contributed by atoms with Crippen LogP contribution in [0.5, 0.6) is 5.75 Å². The predicted octanol–water partition coefficient (Wildman–Crippen LogP) is 9.78. The molecule has 5 heteroatoms. The Labute approximate surface area is 272 Å². The van der Waals surface area contributed by atoms with E-state index in [0.29, 0.717) is 5.02 Å². The SMILES string of the molecule is Clc1cccc(C2(c3ccc(-n4c5ccccc5c5ccccc54)cc3)C=Cc3c(cc(N4CCOCC4)c4ccccc34)O2)c1. The fourth-order valence-electron chi connectivity index (χ4n) is 7.34. The van der Waals surface area contributed by atoms with Crippen molar-refractivity contribution in [1.82, 2.24) is 4.57 Å². The molecule has 0 spiro atoms. The fraction of sp³-hybridized carbons (Fsp3) is 0.122. The highest BCUT2D eigenvalue weighted by Crippen LogP contribution is 2.47. The van der Waals surface area contributed by atoms with E-state index in [1.807, 2.05) is 18.2 Å². The minimum atomic E-state index is -0.873. The van der Waals surface area contributed by atoms with Crippen molar-refractivity contribution in [3.8, 4) is 11.4 Å². The second-order valence-electron chi connectivity index (χ2n) is 12.1. The monoisotopic (exact) mass is 618 g/mol. The third kappa shape index (κ3) is 4.25. The molecule has 0 saturated carbocycles. The van der Waals surface area contributed by atoms with Crippen LogP contribution >= 0.6 is 11.6 Å². The number of aromatic nitrogens is 1. The summed E-state index contributed by atoms with van der Waals surface area (Å²) >= 11 is 6.62.